The Balaban J connectivity index is 4.77. The van der Waals surface area contributed by atoms with E-state index in [1.807, 2.05) is 0 Å². The van der Waals surface area contributed by atoms with Gasteiger partial charge < -0.3 is 20.3 Å². The van der Waals surface area contributed by atoms with Crippen molar-refractivity contribution in [2.24, 2.45) is 0 Å². The Hall–Kier alpha value is -0.590. The first-order chi connectivity index (χ1) is 5.37. The molecule has 7 nitrogen and oxygen atoms in total. The van der Waals surface area contributed by atoms with Gasteiger partial charge in [-0.05, 0) is 6.92 Å². The molecule has 0 aromatic carbocycles. The fourth-order valence-electron chi connectivity index (χ4n) is 0.592. The molecular formula is C4H8NO6P. The molecule has 70 valence electrons. The van der Waals surface area contributed by atoms with Crippen molar-refractivity contribution in [2.45, 2.75) is 19.1 Å². The molecule has 0 aromatic heterocycles. The number of aliphatic hydroxyl groups excluding tert-OH is 1. The number of hydrogen-bond acceptors (Lipinski definition) is 4. The molecule has 0 rings (SSSR count). The summed E-state index contributed by atoms with van der Waals surface area (Å²) in [5, 5.41) is 27.6. The quantitative estimate of drug-likeness (QED) is 0.361. The summed E-state index contributed by atoms with van der Waals surface area (Å²) in [4.78, 5) is 28.6. The Kier molecular flexibility index (Phi) is 4.22. The van der Waals surface area contributed by atoms with E-state index in [0.29, 0.717) is 0 Å². The number of hydrogen-bond donors (Lipinski definition) is 3. The largest absolute Gasteiger partial charge is 0.548 e. The highest BCUT2D eigenvalue weighted by Gasteiger charge is 2.35. The maximum Gasteiger partial charge on any atom is 0.506 e. The summed E-state index contributed by atoms with van der Waals surface area (Å²) in [6.45, 7) is 1.04. The second kappa shape index (κ2) is 4.44. The molecule has 12 heavy (non-hydrogen) atoms. The van der Waals surface area contributed by atoms with Gasteiger partial charge in [-0.1, -0.05) is 4.49 Å². The van der Waals surface area contributed by atoms with E-state index in [0.717, 1.165) is 6.92 Å². The molecule has 0 saturated carbocycles. The van der Waals surface area contributed by atoms with Crippen LogP contribution in [-0.2, 0) is 4.79 Å². The number of carboxylic acids is 1. The summed E-state index contributed by atoms with van der Waals surface area (Å²) in [6, 6.07) is -1.90. The van der Waals surface area contributed by atoms with E-state index in [-0.39, 0.29) is 0 Å². The van der Waals surface area contributed by atoms with Gasteiger partial charge >= 0.3 is 20.2 Å². The van der Waals surface area contributed by atoms with Crippen LogP contribution in [0.5, 0.6) is 0 Å². The van der Waals surface area contributed by atoms with E-state index < -0.39 is 30.8 Å². The SMILES string of the molecule is CC(O)C(C(=O)O)[N+]([O-])=[P+]([O-])O. The van der Waals surface area contributed by atoms with E-state index in [9.17, 15) is 14.9 Å². The molecule has 0 saturated heterocycles. The number of aliphatic carboxylic acids is 1. The van der Waals surface area contributed by atoms with Crippen LogP contribution >= 0.6 is 8.17 Å². The van der Waals surface area contributed by atoms with E-state index >= 15 is 0 Å². The molecule has 0 radical (unpaired) electrons. The molecule has 0 aliphatic carbocycles. The third-order valence-corrected chi connectivity index (χ3v) is 1.70. The minimum atomic E-state index is -3.28. The van der Waals surface area contributed by atoms with E-state index in [2.05, 4.69) is 0 Å². The van der Waals surface area contributed by atoms with Crippen LogP contribution in [0, 0.1) is 5.21 Å². The van der Waals surface area contributed by atoms with Crippen molar-refractivity contribution in [3.8, 4) is 0 Å². The number of hydroxylamine groups is 1. The highest BCUT2D eigenvalue weighted by Crippen LogP contribution is 2.11. The molecule has 3 unspecified atom stereocenters. The lowest BCUT2D eigenvalue weighted by atomic mass is 10.2. The standard InChI is InChI=1S/C4H8NO6P/c1-2(6)3(4(7)8)5(9)12(10)11/h2-3,6H,1H3,(H,7,8)(H,10,11). The lowest BCUT2D eigenvalue weighted by Gasteiger charge is -2.10. The van der Waals surface area contributed by atoms with Gasteiger partial charge in [0, 0.05) is 0 Å². The average Bonchev–Trinajstić information content (AvgIpc) is 1.85. The molecule has 0 amide bonds. The zero-order valence-corrected chi connectivity index (χ0v) is 7.01. The van der Waals surface area contributed by atoms with Crippen molar-refractivity contribution in [1.82, 2.24) is 0 Å². The van der Waals surface area contributed by atoms with E-state index in [4.69, 9.17) is 15.1 Å². The van der Waals surface area contributed by atoms with Gasteiger partial charge in [0.2, 0.25) is 0 Å². The molecular weight excluding hydrogens is 189 g/mol. The predicted octanol–water partition coefficient (Wildman–Crippen LogP) is -1.82. The van der Waals surface area contributed by atoms with Crippen molar-refractivity contribution in [1.29, 1.82) is 0 Å². The zero-order chi connectivity index (χ0) is 9.89. The third kappa shape index (κ3) is 2.80. The summed E-state index contributed by atoms with van der Waals surface area (Å²) in [7, 11) is -3.28. The van der Waals surface area contributed by atoms with Gasteiger partial charge in [-0.2, -0.15) is 0 Å². The number of nitrogens with zero attached hydrogens (tertiary/aromatic N) is 1. The molecule has 0 spiro atoms. The Morgan fingerprint density at radius 1 is 1.67 bits per heavy atom. The van der Waals surface area contributed by atoms with Gasteiger partial charge in [-0.15, -0.1) is 4.89 Å². The van der Waals surface area contributed by atoms with Crippen molar-refractivity contribution >= 4 is 14.1 Å². The van der Waals surface area contributed by atoms with Gasteiger partial charge in [0.15, 0.2) is 0 Å². The Morgan fingerprint density at radius 3 is 2.17 bits per heavy atom. The molecule has 0 aromatic rings. The fourth-order valence-corrected chi connectivity index (χ4v) is 1.10. The molecule has 0 heterocycles. The average molecular weight is 197 g/mol. The molecule has 0 bridgehead atoms. The molecule has 3 N–H and O–H groups in total. The smallest absolute Gasteiger partial charge is 0.506 e. The molecule has 8 heteroatoms. The Labute approximate surface area is 68.7 Å². The van der Waals surface area contributed by atoms with Crippen molar-refractivity contribution in [2.75, 3.05) is 0 Å². The minimum Gasteiger partial charge on any atom is -0.548 e. The first kappa shape index (κ1) is 11.4. The van der Waals surface area contributed by atoms with Crippen LogP contribution in [0.1, 0.15) is 6.92 Å². The van der Waals surface area contributed by atoms with Crippen molar-refractivity contribution < 1.29 is 29.3 Å². The Morgan fingerprint density at radius 2 is 2.08 bits per heavy atom. The number of rotatable bonds is 3. The minimum absolute atomic E-state index is 0.553. The molecule has 0 aliphatic rings. The van der Waals surface area contributed by atoms with E-state index in [1.54, 1.807) is 0 Å². The van der Waals surface area contributed by atoms with Crippen LogP contribution in [-0.4, -0.2) is 37.7 Å². The summed E-state index contributed by atoms with van der Waals surface area (Å²) in [5.41, 5.74) is 0. The monoisotopic (exact) mass is 197 g/mol. The topological polar surface area (TPSA) is 127 Å². The third-order valence-electron chi connectivity index (χ3n) is 1.12. The van der Waals surface area contributed by atoms with Crippen molar-refractivity contribution in [3.63, 3.8) is 0 Å². The first-order valence-corrected chi connectivity index (χ1v) is 4.07. The second-order valence-corrected chi connectivity index (χ2v) is 2.98. The van der Waals surface area contributed by atoms with Gasteiger partial charge in [-0.3, -0.25) is 0 Å². The lowest BCUT2D eigenvalue weighted by molar-refractivity contribution is -0.503. The van der Waals surface area contributed by atoms with Crippen LogP contribution in [0.15, 0.2) is 0 Å². The summed E-state index contributed by atoms with van der Waals surface area (Å²) in [5.74, 6) is -1.64. The van der Waals surface area contributed by atoms with Crippen molar-refractivity contribution in [3.05, 3.63) is 5.21 Å². The number of carboxylic acid groups (broad SMARTS) is 1. The van der Waals surface area contributed by atoms with Gasteiger partial charge in [0.25, 0.3) is 0 Å². The van der Waals surface area contributed by atoms with Crippen LogP contribution in [0.25, 0.3) is 0 Å². The fraction of sp³-hybridized carbons (Fsp3) is 0.750. The Bertz CT molecular complexity index is 210. The molecule has 3 atom stereocenters. The maximum atomic E-state index is 10.6. The van der Waals surface area contributed by atoms with Gasteiger partial charge in [-0.25, -0.2) is 4.79 Å². The highest BCUT2D eigenvalue weighted by atomic mass is 31.1. The van der Waals surface area contributed by atoms with Crippen LogP contribution < -0.4 is 4.89 Å². The molecule has 0 fully saturated rings. The van der Waals surface area contributed by atoms with Gasteiger partial charge in [0.05, 0.1) is 0 Å². The van der Waals surface area contributed by atoms with E-state index in [1.165, 1.54) is 0 Å². The summed E-state index contributed by atoms with van der Waals surface area (Å²) in [6.07, 6.45) is -1.51. The second-order valence-electron chi connectivity index (χ2n) is 2.08. The van der Waals surface area contributed by atoms with Gasteiger partial charge in [0.1, 0.15) is 6.10 Å². The maximum absolute atomic E-state index is 10.6. The summed E-state index contributed by atoms with van der Waals surface area (Å²) >= 11 is 0. The normalized spacial score (nSPS) is 18.1. The predicted molar refractivity (Wildman–Crippen MR) is 35.9 cm³/mol. The number of aliphatic hydroxyl groups is 1. The zero-order valence-electron chi connectivity index (χ0n) is 6.12. The lowest BCUT2D eigenvalue weighted by Crippen LogP contribution is -2.39. The molecule has 0 aliphatic heterocycles. The van der Waals surface area contributed by atoms with Crippen LogP contribution in [0.4, 0.5) is 0 Å². The van der Waals surface area contributed by atoms with Crippen LogP contribution in [0.2, 0.25) is 0 Å². The summed E-state index contributed by atoms with van der Waals surface area (Å²) < 4.78 is -0.553. The highest BCUT2D eigenvalue weighted by molar-refractivity contribution is 7.29. The first-order valence-electron chi connectivity index (χ1n) is 2.91. The number of carbonyl (C=O) groups is 1. The van der Waals surface area contributed by atoms with Crippen LogP contribution in [0.3, 0.4) is 0 Å².